The number of methoxy groups -OCH3 is 1. The number of alkyl halides is 3. The van der Waals surface area contributed by atoms with Gasteiger partial charge in [0, 0.05) is 19.2 Å². The molecule has 44 heavy (non-hydrogen) atoms. The Morgan fingerprint density at radius 1 is 1.18 bits per heavy atom. The lowest BCUT2D eigenvalue weighted by Gasteiger charge is -2.28. The van der Waals surface area contributed by atoms with Crippen LogP contribution in [0.1, 0.15) is 33.7 Å². The van der Waals surface area contributed by atoms with Gasteiger partial charge in [-0.1, -0.05) is 12.1 Å². The highest BCUT2D eigenvalue weighted by molar-refractivity contribution is 9.10. The van der Waals surface area contributed by atoms with Crippen molar-refractivity contribution in [2.24, 2.45) is 5.73 Å². The minimum Gasteiger partial charge on any atom is -0.530 e. The van der Waals surface area contributed by atoms with Crippen LogP contribution < -0.4 is 15.6 Å². The van der Waals surface area contributed by atoms with Gasteiger partial charge in [0.2, 0.25) is 5.89 Å². The third-order valence-electron chi connectivity index (χ3n) is 6.14. The summed E-state index contributed by atoms with van der Waals surface area (Å²) < 4.78 is 86.1. The van der Waals surface area contributed by atoms with E-state index in [9.17, 15) is 32.3 Å². The van der Waals surface area contributed by atoms with Crippen LogP contribution >= 0.6 is 15.9 Å². The van der Waals surface area contributed by atoms with Gasteiger partial charge in [0.1, 0.15) is 29.5 Å². The minimum absolute atomic E-state index is 0.000892. The summed E-state index contributed by atoms with van der Waals surface area (Å²) in [5.74, 6) is -5.09. The summed E-state index contributed by atoms with van der Waals surface area (Å²) in [4.78, 5) is 28.8. The number of carbonyl (C=O) groups excluding carboxylic acids is 2. The number of aromatic nitrogens is 4. The van der Waals surface area contributed by atoms with Gasteiger partial charge in [-0.05, 0) is 40.2 Å². The van der Waals surface area contributed by atoms with E-state index in [0.29, 0.717) is 11.0 Å². The smallest absolute Gasteiger partial charge is 0.416 e. The number of amides is 2. The lowest BCUT2D eigenvalue weighted by molar-refractivity contribution is -0.267. The molecule has 4 aromatic rings. The Kier molecular flexibility index (Phi) is 9.83. The molecule has 1 unspecified atom stereocenters. The average molecular weight is 688 g/mol. The molecule has 0 aliphatic carbocycles. The second-order valence-electron chi connectivity index (χ2n) is 9.03. The fourth-order valence-corrected chi connectivity index (χ4v) is 4.45. The van der Waals surface area contributed by atoms with E-state index in [-0.39, 0.29) is 40.8 Å². The lowest BCUT2D eigenvalue weighted by Crippen LogP contribution is -2.44. The molecule has 4 rings (SSSR count). The van der Waals surface area contributed by atoms with Gasteiger partial charge >= 0.3 is 6.18 Å². The highest BCUT2D eigenvalue weighted by Crippen LogP contribution is 2.36. The summed E-state index contributed by atoms with van der Waals surface area (Å²) in [6, 6.07) is 5.45. The topological polar surface area (TPSA) is 162 Å². The molecule has 0 fully saturated rings. The summed E-state index contributed by atoms with van der Waals surface area (Å²) in [6.07, 6.45) is -6.56. The second-order valence-corrected chi connectivity index (χ2v) is 9.75. The summed E-state index contributed by atoms with van der Waals surface area (Å²) in [5, 5.41) is 19.8. The number of rotatable bonds is 12. The number of ether oxygens (including phenoxy) is 2. The van der Waals surface area contributed by atoms with Crippen LogP contribution in [0.3, 0.4) is 0 Å². The van der Waals surface area contributed by atoms with Crippen LogP contribution in [0.2, 0.25) is 0 Å². The SMILES string of the molecule is COCCn1cnnc1CN(CC(Oc1ccc(F)c(C(N)=O)c1F)c1nc(-c2ccc(C(F)(F)F)cc2)c(Br)o1)C(=O)[O-]. The van der Waals surface area contributed by atoms with E-state index in [4.69, 9.17) is 19.6 Å². The lowest BCUT2D eigenvalue weighted by atomic mass is 10.1. The molecule has 12 nitrogen and oxygen atoms in total. The van der Waals surface area contributed by atoms with E-state index in [1.54, 1.807) is 0 Å². The van der Waals surface area contributed by atoms with Crippen LogP contribution in [-0.2, 0) is 24.0 Å². The molecule has 0 aliphatic heterocycles. The van der Waals surface area contributed by atoms with Crippen molar-refractivity contribution < 1.29 is 50.5 Å². The summed E-state index contributed by atoms with van der Waals surface area (Å²) in [7, 11) is 1.46. The molecular formula is C26H21BrF5N6O6-. The van der Waals surface area contributed by atoms with E-state index in [1.165, 1.54) is 18.0 Å². The average Bonchev–Trinajstić information content (AvgIpc) is 3.57. The molecule has 1 atom stereocenters. The zero-order valence-corrected chi connectivity index (χ0v) is 24.1. The quantitative estimate of drug-likeness (QED) is 0.219. The minimum atomic E-state index is -4.59. The number of halogens is 6. The molecule has 0 saturated carbocycles. The first-order valence-electron chi connectivity index (χ1n) is 12.4. The molecule has 2 aromatic carbocycles. The van der Waals surface area contributed by atoms with Crippen LogP contribution in [0.4, 0.5) is 26.7 Å². The zero-order valence-electron chi connectivity index (χ0n) is 22.5. The first kappa shape index (κ1) is 32.3. The van der Waals surface area contributed by atoms with Crippen molar-refractivity contribution in [2.45, 2.75) is 25.4 Å². The molecule has 234 valence electrons. The van der Waals surface area contributed by atoms with E-state index in [1.807, 2.05) is 0 Å². The van der Waals surface area contributed by atoms with Gasteiger partial charge in [0.05, 0.1) is 25.3 Å². The maximum Gasteiger partial charge on any atom is 0.416 e. The van der Waals surface area contributed by atoms with Gasteiger partial charge in [0.25, 0.3) is 5.91 Å². The number of nitrogens with zero attached hydrogens (tertiary/aromatic N) is 5. The van der Waals surface area contributed by atoms with Gasteiger partial charge in [0.15, 0.2) is 28.2 Å². The van der Waals surface area contributed by atoms with Crippen molar-refractivity contribution in [3.8, 4) is 17.0 Å². The highest BCUT2D eigenvalue weighted by Gasteiger charge is 2.32. The Bertz CT molecular complexity index is 1650. The summed E-state index contributed by atoms with van der Waals surface area (Å²) in [6.45, 7) is -0.524. The van der Waals surface area contributed by atoms with Gasteiger partial charge in [-0.15, -0.1) is 10.2 Å². The molecule has 2 amide bonds. The first-order chi connectivity index (χ1) is 20.8. The van der Waals surface area contributed by atoms with E-state index in [0.717, 1.165) is 30.3 Å². The van der Waals surface area contributed by atoms with Crippen molar-refractivity contribution >= 4 is 27.9 Å². The fourth-order valence-electron chi connectivity index (χ4n) is 3.97. The molecule has 0 spiro atoms. The second kappa shape index (κ2) is 13.4. The number of oxazole rings is 1. The van der Waals surface area contributed by atoms with E-state index in [2.05, 4.69) is 31.1 Å². The monoisotopic (exact) mass is 687 g/mol. The van der Waals surface area contributed by atoms with Crippen LogP contribution in [0, 0.1) is 11.6 Å². The predicted octanol–water partition coefficient (Wildman–Crippen LogP) is 3.70. The maximum absolute atomic E-state index is 15.1. The van der Waals surface area contributed by atoms with Crippen LogP contribution in [0.15, 0.2) is 51.8 Å². The Morgan fingerprint density at radius 2 is 1.89 bits per heavy atom. The van der Waals surface area contributed by atoms with Crippen molar-refractivity contribution in [2.75, 3.05) is 20.3 Å². The molecule has 0 aliphatic rings. The molecular weight excluding hydrogens is 667 g/mol. The number of hydrogen-bond acceptors (Lipinski definition) is 9. The van der Waals surface area contributed by atoms with Crippen molar-refractivity contribution in [1.29, 1.82) is 0 Å². The molecule has 2 N–H and O–H groups in total. The maximum atomic E-state index is 15.1. The molecule has 2 heterocycles. The van der Waals surface area contributed by atoms with Crippen LogP contribution in [-0.4, -0.2) is 56.9 Å². The van der Waals surface area contributed by atoms with E-state index >= 15 is 4.39 Å². The Morgan fingerprint density at radius 3 is 2.50 bits per heavy atom. The van der Waals surface area contributed by atoms with Crippen molar-refractivity contribution in [3.63, 3.8) is 0 Å². The summed E-state index contributed by atoms with van der Waals surface area (Å²) in [5.41, 5.74) is 3.24. The molecule has 0 bridgehead atoms. The number of carbonyl (C=O) groups is 2. The number of hydrogen-bond donors (Lipinski definition) is 1. The standard InChI is InChI=1S/C26H22BrF5N6O6/c1-42-9-8-37-12-34-36-18(37)11-38(25(40)41)10-17(43-16-7-6-15(28)19(20(16)29)23(33)39)24-35-21(22(27)44-24)13-2-4-14(5-3-13)26(30,31)32/h2-7,12,17H,8-11H2,1H3,(H2,33,39)(H,40,41)/p-1. The normalized spacial score (nSPS) is 12.2. The summed E-state index contributed by atoms with van der Waals surface area (Å²) >= 11 is 3.13. The third kappa shape index (κ3) is 7.31. The zero-order chi connectivity index (χ0) is 32.2. The van der Waals surface area contributed by atoms with Crippen LogP contribution in [0.25, 0.3) is 11.3 Å². The van der Waals surface area contributed by atoms with Crippen LogP contribution in [0.5, 0.6) is 5.75 Å². The Balaban J connectivity index is 1.73. The number of nitrogens with two attached hydrogens (primary N) is 1. The number of benzene rings is 2. The Hall–Kier alpha value is -4.58. The Labute approximate surface area is 253 Å². The molecule has 18 heteroatoms. The van der Waals surface area contributed by atoms with Gasteiger partial charge < -0.3 is 39.0 Å². The van der Waals surface area contributed by atoms with Gasteiger partial charge in [-0.2, -0.15) is 13.2 Å². The van der Waals surface area contributed by atoms with Crippen molar-refractivity contribution in [1.82, 2.24) is 24.6 Å². The third-order valence-corrected chi connectivity index (χ3v) is 6.68. The molecule has 2 aromatic heterocycles. The molecule has 0 radical (unpaired) electrons. The number of primary amides is 1. The van der Waals surface area contributed by atoms with Gasteiger partial charge in [-0.3, -0.25) is 4.79 Å². The molecule has 0 saturated heterocycles. The van der Waals surface area contributed by atoms with Crippen molar-refractivity contribution in [3.05, 3.63) is 81.9 Å². The number of carboxylic acid groups (broad SMARTS) is 1. The van der Waals surface area contributed by atoms with Gasteiger partial charge in [-0.25, -0.2) is 13.8 Å². The van der Waals surface area contributed by atoms with E-state index < -0.39 is 65.9 Å². The highest BCUT2D eigenvalue weighted by atomic mass is 79.9. The fraction of sp³-hybridized carbons (Fsp3) is 0.269. The predicted molar refractivity (Wildman–Crippen MR) is 141 cm³/mol. The largest absolute Gasteiger partial charge is 0.530 e. The first-order valence-corrected chi connectivity index (χ1v) is 13.2.